The second-order valence-corrected chi connectivity index (χ2v) is 7.60. The Morgan fingerprint density at radius 3 is 2.57 bits per heavy atom. The maximum Gasteiger partial charge on any atom is 0.218 e. The molecule has 0 N–H and O–H groups in total. The number of sulfonamides is 1. The summed E-state index contributed by atoms with van der Waals surface area (Å²) in [6.45, 7) is 1.83. The Balaban J connectivity index is 2.13. The zero-order chi connectivity index (χ0) is 15.5. The molecule has 1 heterocycles. The van der Waals surface area contributed by atoms with Crippen molar-refractivity contribution < 1.29 is 8.42 Å². The van der Waals surface area contributed by atoms with Crippen molar-refractivity contribution >= 4 is 10.0 Å². The average Bonchev–Trinajstić information content (AvgIpc) is 2.47. The highest BCUT2D eigenvalue weighted by Crippen LogP contribution is 2.20. The molecule has 1 aromatic carbocycles. The van der Waals surface area contributed by atoms with Crippen LogP contribution in [-0.4, -0.2) is 50.8 Å². The summed E-state index contributed by atoms with van der Waals surface area (Å²) >= 11 is 0. The Morgan fingerprint density at radius 1 is 1.33 bits per heavy atom. The summed E-state index contributed by atoms with van der Waals surface area (Å²) in [4.78, 5) is 2.21. The number of benzene rings is 1. The van der Waals surface area contributed by atoms with Gasteiger partial charge < -0.3 is 4.90 Å². The molecule has 1 aliphatic rings. The Kier molecular flexibility index (Phi) is 4.99. The van der Waals surface area contributed by atoms with Gasteiger partial charge in [0, 0.05) is 13.1 Å². The highest BCUT2D eigenvalue weighted by Gasteiger charge is 2.29. The fourth-order valence-corrected chi connectivity index (χ4v) is 4.15. The molecule has 5 nitrogen and oxygen atoms in total. The number of likely N-dealkylation sites (tertiary alicyclic amines) is 1. The number of piperidine rings is 1. The lowest BCUT2D eigenvalue weighted by Crippen LogP contribution is -2.44. The van der Waals surface area contributed by atoms with Crippen LogP contribution in [0, 0.1) is 11.3 Å². The van der Waals surface area contributed by atoms with E-state index in [1.807, 2.05) is 7.05 Å². The minimum atomic E-state index is -3.40. The normalized spacial score (nSPS) is 17.8. The van der Waals surface area contributed by atoms with Crippen molar-refractivity contribution in [3.63, 3.8) is 0 Å². The fourth-order valence-electron chi connectivity index (χ4n) is 2.64. The molecule has 1 fully saturated rings. The summed E-state index contributed by atoms with van der Waals surface area (Å²) in [6, 6.07) is 8.98. The first kappa shape index (κ1) is 16.0. The molecule has 0 atom stereocenters. The molecule has 0 spiro atoms. The summed E-state index contributed by atoms with van der Waals surface area (Å²) in [7, 11) is 0.303. The lowest BCUT2D eigenvalue weighted by Gasteiger charge is -2.34. The Labute approximate surface area is 126 Å². The van der Waals surface area contributed by atoms with Crippen LogP contribution in [-0.2, 0) is 15.8 Å². The minimum absolute atomic E-state index is 0.0560. The molecule has 1 saturated heterocycles. The largest absolute Gasteiger partial charge is 0.306 e. The number of nitrogens with zero attached hydrogens (tertiary/aromatic N) is 3. The average molecular weight is 307 g/mol. The lowest BCUT2D eigenvalue weighted by atomic mass is 10.1. The van der Waals surface area contributed by atoms with Gasteiger partial charge in [-0.15, -0.1) is 0 Å². The zero-order valence-electron chi connectivity index (χ0n) is 12.5. The molecule has 0 aliphatic carbocycles. The standard InChI is InChI=1S/C15H21N3O2S/c1-17-9-7-15(8-10-17)18(2)21(19,20)12-14-6-4-3-5-13(14)11-16/h3-6,15H,7-10,12H2,1-2H3. The predicted octanol–water partition coefficient (Wildman–Crippen LogP) is 1.41. The Hall–Kier alpha value is -1.42. The molecule has 0 radical (unpaired) electrons. The van der Waals surface area contributed by atoms with Crippen LogP contribution in [0.5, 0.6) is 0 Å². The van der Waals surface area contributed by atoms with E-state index in [9.17, 15) is 8.42 Å². The fraction of sp³-hybridized carbons (Fsp3) is 0.533. The monoisotopic (exact) mass is 307 g/mol. The molecule has 0 bridgehead atoms. The van der Waals surface area contributed by atoms with Gasteiger partial charge in [0.1, 0.15) is 0 Å². The first-order valence-electron chi connectivity index (χ1n) is 7.06. The van der Waals surface area contributed by atoms with E-state index >= 15 is 0 Å². The van der Waals surface area contributed by atoms with Gasteiger partial charge in [0.25, 0.3) is 0 Å². The molecular formula is C15H21N3O2S. The van der Waals surface area contributed by atoms with Gasteiger partial charge in [-0.25, -0.2) is 12.7 Å². The van der Waals surface area contributed by atoms with Crippen molar-refractivity contribution in [1.29, 1.82) is 5.26 Å². The van der Waals surface area contributed by atoms with Gasteiger partial charge in [0.15, 0.2) is 0 Å². The minimum Gasteiger partial charge on any atom is -0.306 e. The first-order valence-corrected chi connectivity index (χ1v) is 8.67. The maximum atomic E-state index is 12.6. The Bertz CT molecular complexity index is 629. The van der Waals surface area contributed by atoms with E-state index in [1.54, 1.807) is 31.3 Å². The van der Waals surface area contributed by atoms with E-state index in [4.69, 9.17) is 5.26 Å². The SMILES string of the molecule is CN1CCC(N(C)S(=O)(=O)Cc2ccccc2C#N)CC1. The van der Waals surface area contributed by atoms with Crippen LogP contribution < -0.4 is 0 Å². The van der Waals surface area contributed by atoms with E-state index in [-0.39, 0.29) is 11.8 Å². The van der Waals surface area contributed by atoms with Crippen molar-refractivity contribution in [1.82, 2.24) is 9.21 Å². The smallest absolute Gasteiger partial charge is 0.218 e. The van der Waals surface area contributed by atoms with E-state index in [0.717, 1.165) is 25.9 Å². The van der Waals surface area contributed by atoms with Crippen LogP contribution in [0.2, 0.25) is 0 Å². The first-order chi connectivity index (χ1) is 9.94. The molecule has 2 rings (SSSR count). The third kappa shape index (κ3) is 3.82. The van der Waals surface area contributed by atoms with Crippen LogP contribution in [0.1, 0.15) is 24.0 Å². The lowest BCUT2D eigenvalue weighted by molar-refractivity contribution is 0.197. The summed E-state index contributed by atoms with van der Waals surface area (Å²) < 4.78 is 26.6. The van der Waals surface area contributed by atoms with Crippen LogP contribution in [0.3, 0.4) is 0 Å². The van der Waals surface area contributed by atoms with Crippen molar-refractivity contribution in [2.24, 2.45) is 0 Å². The maximum absolute atomic E-state index is 12.6. The third-order valence-electron chi connectivity index (χ3n) is 4.12. The van der Waals surface area contributed by atoms with Crippen LogP contribution in [0.4, 0.5) is 0 Å². The molecule has 6 heteroatoms. The summed E-state index contributed by atoms with van der Waals surface area (Å²) in [6.07, 6.45) is 1.71. The Morgan fingerprint density at radius 2 is 1.95 bits per heavy atom. The highest BCUT2D eigenvalue weighted by atomic mass is 32.2. The number of hydrogen-bond acceptors (Lipinski definition) is 4. The molecular weight excluding hydrogens is 286 g/mol. The molecule has 1 aliphatic heterocycles. The molecule has 1 aromatic rings. The van der Waals surface area contributed by atoms with E-state index in [2.05, 4.69) is 11.0 Å². The van der Waals surface area contributed by atoms with Crippen LogP contribution in [0.15, 0.2) is 24.3 Å². The molecule has 0 aromatic heterocycles. The van der Waals surface area contributed by atoms with Gasteiger partial charge in [-0.3, -0.25) is 0 Å². The number of nitriles is 1. The second kappa shape index (κ2) is 6.56. The van der Waals surface area contributed by atoms with Crippen molar-refractivity contribution in [3.8, 4) is 6.07 Å². The number of rotatable bonds is 4. The van der Waals surface area contributed by atoms with Crippen molar-refractivity contribution in [3.05, 3.63) is 35.4 Å². The highest BCUT2D eigenvalue weighted by molar-refractivity contribution is 7.88. The topological polar surface area (TPSA) is 64.4 Å². The quantitative estimate of drug-likeness (QED) is 0.844. The van der Waals surface area contributed by atoms with E-state index < -0.39 is 10.0 Å². The second-order valence-electron chi connectivity index (χ2n) is 5.58. The van der Waals surface area contributed by atoms with Gasteiger partial charge >= 0.3 is 0 Å². The van der Waals surface area contributed by atoms with Gasteiger partial charge in [0.05, 0.1) is 17.4 Å². The van der Waals surface area contributed by atoms with Crippen LogP contribution >= 0.6 is 0 Å². The third-order valence-corrected chi connectivity index (χ3v) is 5.97. The van der Waals surface area contributed by atoms with E-state index in [0.29, 0.717) is 11.1 Å². The molecule has 0 amide bonds. The zero-order valence-corrected chi connectivity index (χ0v) is 13.3. The van der Waals surface area contributed by atoms with Gasteiger partial charge in [-0.2, -0.15) is 5.26 Å². The van der Waals surface area contributed by atoms with Crippen LogP contribution in [0.25, 0.3) is 0 Å². The van der Waals surface area contributed by atoms with Gasteiger partial charge in [-0.05, 0) is 44.6 Å². The summed E-state index contributed by atoms with van der Waals surface area (Å²) in [5, 5.41) is 9.07. The summed E-state index contributed by atoms with van der Waals surface area (Å²) in [5.41, 5.74) is 0.998. The predicted molar refractivity (Wildman–Crippen MR) is 82.1 cm³/mol. The molecule has 21 heavy (non-hydrogen) atoms. The molecule has 0 unspecified atom stereocenters. The van der Waals surface area contributed by atoms with Gasteiger partial charge in [0.2, 0.25) is 10.0 Å². The molecule has 114 valence electrons. The van der Waals surface area contributed by atoms with Crippen molar-refractivity contribution in [2.75, 3.05) is 27.2 Å². The summed E-state index contributed by atoms with van der Waals surface area (Å²) in [5.74, 6) is -0.112. The van der Waals surface area contributed by atoms with Crippen molar-refractivity contribution in [2.45, 2.75) is 24.6 Å². The van der Waals surface area contributed by atoms with E-state index in [1.165, 1.54) is 4.31 Å². The molecule has 0 saturated carbocycles. The van der Waals surface area contributed by atoms with Gasteiger partial charge in [-0.1, -0.05) is 18.2 Å². The number of hydrogen-bond donors (Lipinski definition) is 0.